The van der Waals surface area contributed by atoms with Crippen molar-refractivity contribution < 1.29 is 9.26 Å². The van der Waals surface area contributed by atoms with E-state index in [0.29, 0.717) is 5.89 Å². The molecule has 0 radical (unpaired) electrons. The molecule has 0 aliphatic heterocycles. The SMILES string of the molecule is CCCc1noc(C(C)N(C)CCCOC)n1. The molecule has 0 aliphatic rings. The molecule has 1 unspecified atom stereocenters. The third kappa shape index (κ3) is 4.44. The molecule has 1 heterocycles. The second kappa shape index (κ2) is 7.40. The normalized spacial score (nSPS) is 13.2. The van der Waals surface area contributed by atoms with Crippen molar-refractivity contribution >= 4 is 0 Å². The van der Waals surface area contributed by atoms with Gasteiger partial charge in [-0.2, -0.15) is 4.98 Å². The van der Waals surface area contributed by atoms with Crippen molar-refractivity contribution in [2.75, 3.05) is 27.3 Å². The maximum absolute atomic E-state index is 5.27. The van der Waals surface area contributed by atoms with Crippen LogP contribution in [0.3, 0.4) is 0 Å². The quantitative estimate of drug-likeness (QED) is 0.652. The molecule has 0 N–H and O–H groups in total. The van der Waals surface area contributed by atoms with E-state index in [1.54, 1.807) is 7.11 Å². The smallest absolute Gasteiger partial charge is 0.243 e. The second-order valence-corrected chi connectivity index (χ2v) is 4.30. The van der Waals surface area contributed by atoms with E-state index in [1.807, 2.05) is 0 Å². The zero-order valence-electron chi connectivity index (χ0n) is 11.3. The summed E-state index contributed by atoms with van der Waals surface area (Å²) in [5.74, 6) is 1.51. The number of hydrogen-bond acceptors (Lipinski definition) is 5. The van der Waals surface area contributed by atoms with Crippen molar-refractivity contribution in [2.24, 2.45) is 0 Å². The Labute approximate surface area is 103 Å². The van der Waals surface area contributed by atoms with Crippen molar-refractivity contribution in [3.8, 4) is 0 Å². The van der Waals surface area contributed by atoms with Gasteiger partial charge in [-0.1, -0.05) is 12.1 Å². The van der Waals surface area contributed by atoms with E-state index in [0.717, 1.165) is 38.2 Å². The number of nitrogens with zero attached hydrogens (tertiary/aromatic N) is 3. The van der Waals surface area contributed by atoms with E-state index in [9.17, 15) is 0 Å². The minimum absolute atomic E-state index is 0.157. The largest absolute Gasteiger partial charge is 0.385 e. The van der Waals surface area contributed by atoms with Crippen LogP contribution < -0.4 is 0 Å². The minimum atomic E-state index is 0.157. The molecule has 17 heavy (non-hydrogen) atoms. The van der Waals surface area contributed by atoms with Gasteiger partial charge < -0.3 is 9.26 Å². The number of aryl methyl sites for hydroxylation is 1. The summed E-state index contributed by atoms with van der Waals surface area (Å²) in [6.07, 6.45) is 2.92. The third-order valence-electron chi connectivity index (χ3n) is 2.84. The Morgan fingerprint density at radius 2 is 2.24 bits per heavy atom. The Kier molecular flexibility index (Phi) is 6.15. The first-order chi connectivity index (χ1) is 8.19. The standard InChI is InChI=1S/C12H23N3O2/c1-5-7-11-13-12(17-14-11)10(2)15(3)8-6-9-16-4/h10H,5-9H2,1-4H3. The fourth-order valence-electron chi connectivity index (χ4n) is 1.60. The summed E-state index contributed by atoms with van der Waals surface area (Å²) < 4.78 is 10.3. The van der Waals surface area contributed by atoms with E-state index < -0.39 is 0 Å². The molecule has 0 amide bonds. The Balaban J connectivity index is 2.46. The Bertz CT molecular complexity index is 314. The molecule has 5 heteroatoms. The summed E-state index contributed by atoms with van der Waals surface area (Å²) >= 11 is 0. The molecule has 0 aliphatic carbocycles. The van der Waals surface area contributed by atoms with Crippen LogP contribution in [0.2, 0.25) is 0 Å². The van der Waals surface area contributed by atoms with E-state index in [2.05, 4.69) is 35.9 Å². The van der Waals surface area contributed by atoms with Crippen molar-refractivity contribution in [3.05, 3.63) is 11.7 Å². The molecule has 0 spiro atoms. The molecule has 0 aromatic carbocycles. The first kappa shape index (κ1) is 14.1. The molecule has 0 saturated heterocycles. The van der Waals surface area contributed by atoms with Gasteiger partial charge in [-0.3, -0.25) is 4.90 Å². The lowest BCUT2D eigenvalue weighted by Crippen LogP contribution is -2.24. The van der Waals surface area contributed by atoms with Crippen LogP contribution in [-0.2, 0) is 11.2 Å². The zero-order chi connectivity index (χ0) is 12.7. The van der Waals surface area contributed by atoms with Gasteiger partial charge in [0.05, 0.1) is 6.04 Å². The number of ether oxygens (including phenoxy) is 1. The van der Waals surface area contributed by atoms with Gasteiger partial charge >= 0.3 is 0 Å². The predicted molar refractivity (Wildman–Crippen MR) is 65.8 cm³/mol. The molecule has 1 aromatic rings. The van der Waals surface area contributed by atoms with Gasteiger partial charge in [0, 0.05) is 26.7 Å². The van der Waals surface area contributed by atoms with Gasteiger partial charge in [0.2, 0.25) is 5.89 Å². The molecule has 0 bridgehead atoms. The van der Waals surface area contributed by atoms with Crippen LogP contribution in [-0.4, -0.2) is 42.3 Å². The summed E-state index contributed by atoms with van der Waals surface area (Å²) in [6.45, 7) is 5.93. The van der Waals surface area contributed by atoms with Gasteiger partial charge in [0.1, 0.15) is 0 Å². The van der Waals surface area contributed by atoms with E-state index in [4.69, 9.17) is 9.26 Å². The van der Waals surface area contributed by atoms with Crippen LogP contribution in [0, 0.1) is 0 Å². The van der Waals surface area contributed by atoms with Crippen LogP contribution in [0.1, 0.15) is 44.4 Å². The molecule has 0 fully saturated rings. The highest BCUT2D eigenvalue weighted by Gasteiger charge is 2.17. The highest BCUT2D eigenvalue weighted by Crippen LogP contribution is 2.17. The molecule has 1 atom stereocenters. The van der Waals surface area contributed by atoms with Crippen molar-refractivity contribution in [2.45, 2.75) is 39.2 Å². The third-order valence-corrected chi connectivity index (χ3v) is 2.84. The first-order valence-electron chi connectivity index (χ1n) is 6.20. The van der Waals surface area contributed by atoms with Gasteiger partial charge in [0.15, 0.2) is 5.82 Å². The van der Waals surface area contributed by atoms with Crippen LogP contribution in [0.25, 0.3) is 0 Å². The Morgan fingerprint density at radius 3 is 2.88 bits per heavy atom. The number of methoxy groups -OCH3 is 1. The predicted octanol–water partition coefficient (Wildman–Crippen LogP) is 2.05. The van der Waals surface area contributed by atoms with Crippen LogP contribution in [0.4, 0.5) is 0 Å². The average molecular weight is 241 g/mol. The lowest BCUT2D eigenvalue weighted by molar-refractivity contribution is 0.158. The van der Waals surface area contributed by atoms with Gasteiger partial charge in [-0.05, 0) is 26.8 Å². The molecule has 1 aromatic heterocycles. The molecule has 5 nitrogen and oxygen atoms in total. The zero-order valence-corrected chi connectivity index (χ0v) is 11.3. The topological polar surface area (TPSA) is 51.4 Å². The maximum Gasteiger partial charge on any atom is 0.243 e. The summed E-state index contributed by atoms with van der Waals surface area (Å²) in [5, 5.41) is 3.97. The molecular weight excluding hydrogens is 218 g/mol. The molecule has 98 valence electrons. The highest BCUT2D eigenvalue weighted by atomic mass is 16.5. The van der Waals surface area contributed by atoms with E-state index >= 15 is 0 Å². The lowest BCUT2D eigenvalue weighted by Gasteiger charge is -2.21. The van der Waals surface area contributed by atoms with Crippen molar-refractivity contribution in [1.29, 1.82) is 0 Å². The Hall–Kier alpha value is -0.940. The van der Waals surface area contributed by atoms with Crippen molar-refractivity contribution in [3.63, 3.8) is 0 Å². The Morgan fingerprint density at radius 1 is 1.47 bits per heavy atom. The maximum atomic E-state index is 5.27. The second-order valence-electron chi connectivity index (χ2n) is 4.30. The van der Waals surface area contributed by atoms with E-state index in [-0.39, 0.29) is 6.04 Å². The van der Waals surface area contributed by atoms with Gasteiger partial charge in [-0.15, -0.1) is 0 Å². The van der Waals surface area contributed by atoms with Crippen LogP contribution >= 0.6 is 0 Å². The molecule has 0 saturated carbocycles. The summed E-state index contributed by atoms with van der Waals surface area (Å²) in [6, 6.07) is 0.157. The monoisotopic (exact) mass is 241 g/mol. The number of aromatic nitrogens is 2. The highest BCUT2D eigenvalue weighted by molar-refractivity contribution is 4.91. The van der Waals surface area contributed by atoms with Crippen molar-refractivity contribution in [1.82, 2.24) is 15.0 Å². The van der Waals surface area contributed by atoms with E-state index in [1.165, 1.54) is 0 Å². The molecule has 1 rings (SSSR count). The summed E-state index contributed by atoms with van der Waals surface area (Å²) in [4.78, 5) is 6.60. The van der Waals surface area contributed by atoms with Gasteiger partial charge in [-0.25, -0.2) is 0 Å². The minimum Gasteiger partial charge on any atom is -0.385 e. The number of rotatable bonds is 8. The lowest BCUT2D eigenvalue weighted by atomic mass is 10.2. The molecular formula is C12H23N3O2. The summed E-state index contributed by atoms with van der Waals surface area (Å²) in [5.41, 5.74) is 0. The fourth-order valence-corrected chi connectivity index (χ4v) is 1.60. The number of hydrogen-bond donors (Lipinski definition) is 0. The summed E-state index contributed by atoms with van der Waals surface area (Å²) in [7, 11) is 3.78. The first-order valence-corrected chi connectivity index (χ1v) is 6.20. The van der Waals surface area contributed by atoms with Crippen LogP contribution in [0.5, 0.6) is 0 Å². The fraction of sp³-hybridized carbons (Fsp3) is 0.833. The average Bonchev–Trinajstić information content (AvgIpc) is 2.77. The van der Waals surface area contributed by atoms with Gasteiger partial charge in [0.25, 0.3) is 0 Å². The van der Waals surface area contributed by atoms with Crippen LogP contribution in [0.15, 0.2) is 4.52 Å².